The minimum Gasteiger partial charge on any atom is -0.397 e. The summed E-state index contributed by atoms with van der Waals surface area (Å²) in [6, 6.07) is 8.72. The maximum absolute atomic E-state index is 12.5. The van der Waals surface area contributed by atoms with E-state index in [1.165, 1.54) is 12.3 Å². The average molecular weight is 324 g/mol. The Morgan fingerprint density at radius 1 is 1.29 bits per heavy atom. The van der Waals surface area contributed by atoms with E-state index in [1.54, 1.807) is 24.1 Å². The van der Waals surface area contributed by atoms with Crippen LogP contribution in [0.3, 0.4) is 0 Å². The lowest BCUT2D eigenvalue weighted by Gasteiger charge is -2.26. The number of pyridine rings is 1. The summed E-state index contributed by atoms with van der Waals surface area (Å²) in [6.45, 7) is 1.93. The van der Waals surface area contributed by atoms with Gasteiger partial charge >= 0.3 is 0 Å². The molecule has 0 fully saturated rings. The van der Waals surface area contributed by atoms with Crippen LogP contribution >= 0.6 is 23.2 Å². The Balaban J connectivity index is 2.26. The Bertz CT molecular complexity index is 658. The van der Waals surface area contributed by atoms with Gasteiger partial charge in [0, 0.05) is 12.1 Å². The van der Waals surface area contributed by atoms with E-state index in [0.29, 0.717) is 16.3 Å². The first kappa shape index (κ1) is 15.6. The zero-order valence-corrected chi connectivity index (χ0v) is 13.2. The molecule has 1 amide bonds. The van der Waals surface area contributed by atoms with Gasteiger partial charge in [0.2, 0.25) is 0 Å². The number of amides is 1. The summed E-state index contributed by atoms with van der Waals surface area (Å²) in [5.74, 6) is -0.209. The molecule has 6 heteroatoms. The quantitative estimate of drug-likeness (QED) is 0.874. The summed E-state index contributed by atoms with van der Waals surface area (Å²) < 4.78 is 0. The van der Waals surface area contributed by atoms with Crippen LogP contribution in [0.4, 0.5) is 5.69 Å². The van der Waals surface area contributed by atoms with Crippen molar-refractivity contribution in [3.8, 4) is 0 Å². The molecule has 1 aromatic carbocycles. The van der Waals surface area contributed by atoms with Gasteiger partial charge in [-0.05, 0) is 30.7 Å². The number of nitrogens with zero attached hydrogens (tertiary/aromatic N) is 2. The summed E-state index contributed by atoms with van der Waals surface area (Å²) in [5.41, 5.74) is 7.43. The molecule has 0 spiro atoms. The van der Waals surface area contributed by atoms with E-state index in [-0.39, 0.29) is 17.1 Å². The van der Waals surface area contributed by atoms with Gasteiger partial charge in [-0.3, -0.25) is 4.79 Å². The first-order chi connectivity index (χ1) is 9.90. The SMILES string of the molecule is CC(c1ccc(Cl)cc1)N(C)C(=O)c1cc(Cl)ncc1N. The normalized spacial score (nSPS) is 12.0. The van der Waals surface area contributed by atoms with Crippen molar-refractivity contribution in [1.29, 1.82) is 0 Å². The number of anilines is 1. The molecule has 0 saturated carbocycles. The molecular weight excluding hydrogens is 309 g/mol. The maximum atomic E-state index is 12.5. The van der Waals surface area contributed by atoms with E-state index in [9.17, 15) is 4.79 Å². The predicted molar refractivity (Wildman–Crippen MR) is 85.6 cm³/mol. The Labute approximate surface area is 133 Å². The number of carbonyl (C=O) groups excluding carboxylic acids is 1. The molecule has 2 rings (SSSR count). The zero-order chi connectivity index (χ0) is 15.6. The van der Waals surface area contributed by atoms with Crippen molar-refractivity contribution in [1.82, 2.24) is 9.88 Å². The lowest BCUT2D eigenvalue weighted by atomic mass is 10.1. The van der Waals surface area contributed by atoms with E-state index in [0.717, 1.165) is 5.56 Å². The molecule has 4 nitrogen and oxygen atoms in total. The third-order valence-electron chi connectivity index (χ3n) is 3.39. The molecule has 21 heavy (non-hydrogen) atoms. The first-order valence-electron chi connectivity index (χ1n) is 6.34. The van der Waals surface area contributed by atoms with Crippen LogP contribution in [0.25, 0.3) is 0 Å². The second-order valence-corrected chi connectivity index (χ2v) is 5.56. The van der Waals surface area contributed by atoms with Crippen LogP contribution in [0, 0.1) is 0 Å². The fourth-order valence-corrected chi connectivity index (χ4v) is 2.24. The van der Waals surface area contributed by atoms with E-state index in [2.05, 4.69) is 4.98 Å². The van der Waals surface area contributed by atoms with Crippen LogP contribution < -0.4 is 5.73 Å². The largest absolute Gasteiger partial charge is 0.397 e. The molecule has 2 N–H and O–H groups in total. The summed E-state index contributed by atoms with van der Waals surface area (Å²) in [7, 11) is 1.72. The Morgan fingerprint density at radius 3 is 2.52 bits per heavy atom. The summed E-state index contributed by atoms with van der Waals surface area (Å²) in [4.78, 5) is 18.0. The van der Waals surface area contributed by atoms with Crippen molar-refractivity contribution in [2.75, 3.05) is 12.8 Å². The van der Waals surface area contributed by atoms with Gasteiger partial charge in [-0.2, -0.15) is 0 Å². The van der Waals surface area contributed by atoms with Crippen LogP contribution in [0.1, 0.15) is 28.9 Å². The summed E-state index contributed by atoms with van der Waals surface area (Å²) >= 11 is 11.7. The van der Waals surface area contributed by atoms with Crippen molar-refractivity contribution in [3.63, 3.8) is 0 Å². The van der Waals surface area contributed by atoms with Crippen molar-refractivity contribution >= 4 is 34.8 Å². The minimum absolute atomic E-state index is 0.124. The number of aromatic nitrogens is 1. The highest BCUT2D eigenvalue weighted by Crippen LogP contribution is 2.24. The predicted octanol–water partition coefficient (Wildman–Crippen LogP) is 3.80. The highest BCUT2D eigenvalue weighted by atomic mass is 35.5. The number of rotatable bonds is 3. The fourth-order valence-electron chi connectivity index (χ4n) is 1.96. The topological polar surface area (TPSA) is 59.2 Å². The lowest BCUT2D eigenvalue weighted by molar-refractivity contribution is 0.0743. The zero-order valence-electron chi connectivity index (χ0n) is 11.7. The molecular formula is C15H15Cl2N3O. The Hall–Kier alpha value is -1.78. The number of benzene rings is 1. The molecule has 0 aliphatic rings. The van der Waals surface area contributed by atoms with Gasteiger partial charge in [0.05, 0.1) is 23.5 Å². The number of hydrogen-bond donors (Lipinski definition) is 1. The molecule has 1 unspecified atom stereocenters. The lowest BCUT2D eigenvalue weighted by Crippen LogP contribution is -2.30. The highest BCUT2D eigenvalue weighted by Gasteiger charge is 2.21. The molecule has 110 valence electrons. The molecule has 0 saturated heterocycles. The maximum Gasteiger partial charge on any atom is 0.256 e. The smallest absolute Gasteiger partial charge is 0.256 e. The van der Waals surface area contributed by atoms with Gasteiger partial charge in [-0.25, -0.2) is 4.98 Å². The molecule has 0 aliphatic carbocycles. The van der Waals surface area contributed by atoms with Gasteiger partial charge in [0.25, 0.3) is 5.91 Å². The summed E-state index contributed by atoms with van der Waals surface area (Å²) in [5, 5.41) is 0.894. The van der Waals surface area contributed by atoms with E-state index < -0.39 is 0 Å². The molecule has 0 radical (unpaired) electrons. The van der Waals surface area contributed by atoms with Gasteiger partial charge < -0.3 is 10.6 Å². The molecule has 1 aromatic heterocycles. The number of halogens is 2. The average Bonchev–Trinajstić information content (AvgIpc) is 2.48. The number of hydrogen-bond acceptors (Lipinski definition) is 3. The minimum atomic E-state index is -0.209. The Kier molecular flexibility index (Phi) is 4.70. The highest BCUT2D eigenvalue weighted by molar-refractivity contribution is 6.30. The summed E-state index contributed by atoms with van der Waals surface area (Å²) in [6.07, 6.45) is 1.39. The molecule has 0 aliphatic heterocycles. The van der Waals surface area contributed by atoms with E-state index >= 15 is 0 Å². The van der Waals surface area contributed by atoms with Crippen LogP contribution in [0.15, 0.2) is 36.5 Å². The van der Waals surface area contributed by atoms with Crippen molar-refractivity contribution in [2.24, 2.45) is 0 Å². The van der Waals surface area contributed by atoms with E-state index in [1.807, 2.05) is 19.1 Å². The molecule has 0 bridgehead atoms. The van der Waals surface area contributed by atoms with Crippen LogP contribution in [-0.2, 0) is 0 Å². The third-order valence-corrected chi connectivity index (χ3v) is 3.84. The fraction of sp³-hybridized carbons (Fsp3) is 0.200. The van der Waals surface area contributed by atoms with Crippen molar-refractivity contribution in [3.05, 3.63) is 57.8 Å². The van der Waals surface area contributed by atoms with Gasteiger partial charge in [-0.15, -0.1) is 0 Å². The van der Waals surface area contributed by atoms with Crippen LogP contribution in [-0.4, -0.2) is 22.8 Å². The Morgan fingerprint density at radius 2 is 1.90 bits per heavy atom. The molecule has 1 atom stereocenters. The monoisotopic (exact) mass is 323 g/mol. The van der Waals surface area contributed by atoms with Crippen molar-refractivity contribution < 1.29 is 4.79 Å². The second-order valence-electron chi connectivity index (χ2n) is 4.74. The first-order valence-corrected chi connectivity index (χ1v) is 7.09. The third kappa shape index (κ3) is 3.46. The number of nitrogen functional groups attached to an aromatic ring is 1. The molecule has 2 aromatic rings. The second kappa shape index (κ2) is 6.33. The number of nitrogens with two attached hydrogens (primary N) is 1. The van der Waals surface area contributed by atoms with Crippen LogP contribution in [0.2, 0.25) is 10.2 Å². The van der Waals surface area contributed by atoms with Gasteiger partial charge in [0.15, 0.2) is 0 Å². The molecule has 1 heterocycles. The van der Waals surface area contributed by atoms with Gasteiger partial charge in [0.1, 0.15) is 5.15 Å². The van der Waals surface area contributed by atoms with Crippen LogP contribution in [0.5, 0.6) is 0 Å². The number of carbonyl (C=O) groups is 1. The van der Waals surface area contributed by atoms with Crippen molar-refractivity contribution in [2.45, 2.75) is 13.0 Å². The standard InChI is InChI=1S/C15H15Cl2N3O/c1-9(10-3-5-11(16)6-4-10)20(2)15(21)12-7-14(17)19-8-13(12)18/h3-9H,18H2,1-2H3. The van der Waals surface area contributed by atoms with Gasteiger partial charge in [-0.1, -0.05) is 35.3 Å². The van der Waals surface area contributed by atoms with E-state index in [4.69, 9.17) is 28.9 Å².